The van der Waals surface area contributed by atoms with Crippen molar-refractivity contribution < 1.29 is 4.39 Å². The number of rotatable bonds is 6. The van der Waals surface area contributed by atoms with E-state index in [0.717, 1.165) is 5.56 Å². The fourth-order valence-electron chi connectivity index (χ4n) is 2.38. The summed E-state index contributed by atoms with van der Waals surface area (Å²) in [6.45, 7) is 0.420. The van der Waals surface area contributed by atoms with Gasteiger partial charge in [-0.3, -0.25) is 9.59 Å². The molecule has 0 heterocycles. The molecule has 0 atom stereocenters. The Hall–Kier alpha value is -2.66. The van der Waals surface area contributed by atoms with E-state index in [0.29, 0.717) is 23.7 Å². The summed E-state index contributed by atoms with van der Waals surface area (Å²) in [6, 6.07) is 13.1. The Labute approximate surface area is 142 Å². The van der Waals surface area contributed by atoms with Gasteiger partial charge in [-0.05, 0) is 48.4 Å². The molecule has 0 aliphatic carbocycles. The van der Waals surface area contributed by atoms with Gasteiger partial charge in [-0.25, -0.2) is 4.39 Å². The second-order valence-electron chi connectivity index (χ2n) is 5.35. The third-order valence-electron chi connectivity index (χ3n) is 3.63. The minimum atomic E-state index is -0.557. The quantitative estimate of drug-likeness (QED) is 0.672. The molecule has 0 fully saturated rings. The molecule has 6 heteroatoms. The topological polar surface area (TPSA) is 58.2 Å². The van der Waals surface area contributed by atoms with Crippen LogP contribution in [-0.2, 0) is 6.42 Å². The average Bonchev–Trinajstić information content (AvgIpc) is 2.58. The van der Waals surface area contributed by atoms with E-state index in [9.17, 15) is 14.0 Å². The van der Waals surface area contributed by atoms with E-state index in [2.05, 4.69) is 10.6 Å². The molecule has 0 saturated heterocycles. The largest absolute Gasteiger partial charge is 0.380 e. The van der Waals surface area contributed by atoms with Crippen LogP contribution in [0.3, 0.4) is 0 Å². The number of hydrogen-bond acceptors (Lipinski definition) is 4. The van der Waals surface area contributed by atoms with Crippen LogP contribution in [0.4, 0.5) is 21.5 Å². The molecule has 0 amide bonds. The lowest BCUT2D eigenvalue weighted by atomic mass is 10.1. The lowest BCUT2D eigenvalue weighted by Gasteiger charge is -2.15. The minimum Gasteiger partial charge on any atom is -0.380 e. The standard InChI is InChI=1S/C18H14ClFN2O2/c19-12-4-6-14(7-5-12)22-16-15(17(23)18(16)24)21-9-8-11-2-1-3-13(20)10-11/h1-7,10,21-22H,8-9H2. The molecule has 0 spiro atoms. The van der Waals surface area contributed by atoms with E-state index in [1.165, 1.54) is 12.1 Å². The molecule has 0 bridgehead atoms. The van der Waals surface area contributed by atoms with Gasteiger partial charge < -0.3 is 10.6 Å². The summed E-state index contributed by atoms with van der Waals surface area (Å²) in [5, 5.41) is 6.45. The predicted octanol–water partition coefficient (Wildman–Crippen LogP) is 3.47. The third-order valence-corrected chi connectivity index (χ3v) is 3.88. The number of nitrogens with one attached hydrogen (secondary N) is 2. The first kappa shape index (κ1) is 16.2. The van der Waals surface area contributed by atoms with E-state index in [-0.39, 0.29) is 17.2 Å². The Bertz CT molecular complexity index is 931. The molecule has 122 valence electrons. The van der Waals surface area contributed by atoms with Crippen molar-refractivity contribution in [1.82, 2.24) is 0 Å². The lowest BCUT2D eigenvalue weighted by Crippen LogP contribution is -2.37. The van der Waals surface area contributed by atoms with E-state index < -0.39 is 10.9 Å². The van der Waals surface area contributed by atoms with Gasteiger partial charge in [-0.1, -0.05) is 23.7 Å². The Balaban J connectivity index is 1.66. The van der Waals surface area contributed by atoms with Gasteiger partial charge in [0.1, 0.15) is 17.2 Å². The maximum Gasteiger partial charge on any atom is 0.253 e. The summed E-state index contributed by atoms with van der Waals surface area (Å²) in [5.74, 6) is -0.299. The fraction of sp³-hybridized carbons (Fsp3) is 0.111. The summed E-state index contributed by atoms with van der Waals surface area (Å²) in [5.41, 5.74) is 0.866. The van der Waals surface area contributed by atoms with Crippen LogP contribution in [0.25, 0.3) is 0 Å². The highest BCUT2D eigenvalue weighted by Crippen LogP contribution is 2.22. The molecule has 3 aromatic rings. The van der Waals surface area contributed by atoms with Gasteiger partial charge in [0.2, 0.25) is 0 Å². The molecule has 0 aliphatic rings. The van der Waals surface area contributed by atoms with Gasteiger partial charge >= 0.3 is 0 Å². The molecule has 0 aliphatic heterocycles. The van der Waals surface area contributed by atoms with Crippen LogP contribution in [0.1, 0.15) is 5.56 Å². The summed E-state index contributed by atoms with van der Waals surface area (Å²) < 4.78 is 13.1. The number of halogens is 2. The van der Waals surface area contributed by atoms with Crippen LogP contribution < -0.4 is 21.5 Å². The van der Waals surface area contributed by atoms with Gasteiger partial charge in [0.05, 0.1) is 0 Å². The van der Waals surface area contributed by atoms with Gasteiger partial charge in [-0.15, -0.1) is 0 Å². The molecule has 0 unspecified atom stereocenters. The van der Waals surface area contributed by atoms with E-state index >= 15 is 0 Å². The van der Waals surface area contributed by atoms with Crippen LogP contribution in [0.2, 0.25) is 5.02 Å². The first-order valence-corrected chi connectivity index (χ1v) is 7.76. The van der Waals surface area contributed by atoms with Crippen molar-refractivity contribution in [2.24, 2.45) is 0 Å². The van der Waals surface area contributed by atoms with Crippen molar-refractivity contribution in [2.45, 2.75) is 6.42 Å². The van der Waals surface area contributed by atoms with Crippen molar-refractivity contribution in [3.05, 3.63) is 85.4 Å². The van der Waals surface area contributed by atoms with Crippen LogP contribution in [0.15, 0.2) is 58.1 Å². The van der Waals surface area contributed by atoms with Crippen LogP contribution in [0.5, 0.6) is 0 Å². The Kier molecular flexibility index (Phi) is 4.62. The molecular weight excluding hydrogens is 331 g/mol. The first-order chi connectivity index (χ1) is 11.5. The molecule has 4 nitrogen and oxygen atoms in total. The molecule has 3 aromatic carbocycles. The third kappa shape index (κ3) is 3.46. The zero-order valence-electron chi connectivity index (χ0n) is 12.6. The van der Waals surface area contributed by atoms with Crippen LogP contribution >= 0.6 is 11.6 Å². The van der Waals surface area contributed by atoms with Gasteiger partial charge in [-0.2, -0.15) is 0 Å². The van der Waals surface area contributed by atoms with Crippen LogP contribution in [-0.4, -0.2) is 6.54 Å². The fourth-order valence-corrected chi connectivity index (χ4v) is 2.51. The Morgan fingerprint density at radius 3 is 2.38 bits per heavy atom. The second-order valence-corrected chi connectivity index (χ2v) is 5.78. The van der Waals surface area contributed by atoms with E-state index in [1.54, 1.807) is 36.4 Å². The molecule has 24 heavy (non-hydrogen) atoms. The SMILES string of the molecule is O=c1c(NCCc2cccc(F)c2)c(Nc2ccc(Cl)cc2)c1=O. The van der Waals surface area contributed by atoms with Crippen molar-refractivity contribution >= 4 is 28.7 Å². The summed E-state index contributed by atoms with van der Waals surface area (Å²) in [6.07, 6.45) is 0.539. The van der Waals surface area contributed by atoms with Gasteiger partial charge in [0.25, 0.3) is 10.9 Å². The van der Waals surface area contributed by atoms with E-state index in [4.69, 9.17) is 11.6 Å². The molecule has 0 aromatic heterocycles. The highest BCUT2D eigenvalue weighted by molar-refractivity contribution is 6.30. The smallest absolute Gasteiger partial charge is 0.253 e. The molecule has 0 radical (unpaired) electrons. The maximum atomic E-state index is 13.1. The van der Waals surface area contributed by atoms with Crippen molar-refractivity contribution in [1.29, 1.82) is 0 Å². The van der Waals surface area contributed by atoms with Crippen molar-refractivity contribution in [3.63, 3.8) is 0 Å². The highest BCUT2D eigenvalue weighted by Gasteiger charge is 2.20. The normalized spacial score (nSPS) is 10.8. The Morgan fingerprint density at radius 1 is 0.958 bits per heavy atom. The first-order valence-electron chi connectivity index (χ1n) is 7.39. The van der Waals surface area contributed by atoms with Crippen molar-refractivity contribution in [3.8, 4) is 0 Å². The zero-order valence-corrected chi connectivity index (χ0v) is 13.4. The lowest BCUT2D eigenvalue weighted by molar-refractivity contribution is 0.625. The van der Waals surface area contributed by atoms with Gasteiger partial charge in [0.15, 0.2) is 0 Å². The summed E-state index contributed by atoms with van der Waals surface area (Å²) >= 11 is 5.81. The molecule has 3 rings (SSSR count). The Morgan fingerprint density at radius 2 is 1.67 bits per heavy atom. The van der Waals surface area contributed by atoms with Crippen molar-refractivity contribution in [2.75, 3.05) is 17.2 Å². The monoisotopic (exact) mass is 344 g/mol. The van der Waals surface area contributed by atoms with Crippen LogP contribution in [0, 0.1) is 5.82 Å². The molecular formula is C18H14ClFN2O2. The maximum absolute atomic E-state index is 13.1. The number of hydrogen-bond donors (Lipinski definition) is 2. The van der Waals surface area contributed by atoms with E-state index in [1.807, 2.05) is 0 Å². The highest BCUT2D eigenvalue weighted by atomic mass is 35.5. The predicted molar refractivity (Wildman–Crippen MR) is 94.7 cm³/mol. The number of benzene rings is 2. The zero-order chi connectivity index (χ0) is 17.1. The number of anilines is 3. The minimum absolute atomic E-state index is 0.238. The molecule has 0 saturated carbocycles. The second kappa shape index (κ2) is 6.84. The molecule has 2 N–H and O–H groups in total. The van der Waals surface area contributed by atoms with Gasteiger partial charge in [0, 0.05) is 17.3 Å². The summed E-state index contributed by atoms with van der Waals surface area (Å²) in [4.78, 5) is 23.5. The summed E-state index contributed by atoms with van der Waals surface area (Å²) in [7, 11) is 0. The average molecular weight is 345 g/mol.